The molecule has 2 unspecified atom stereocenters. The summed E-state index contributed by atoms with van der Waals surface area (Å²) < 4.78 is 5.72. The van der Waals surface area contributed by atoms with Gasteiger partial charge in [-0.3, -0.25) is 0 Å². The maximum Gasteiger partial charge on any atom is 0.0588 e. The number of piperazine rings is 1. The molecule has 0 aromatic heterocycles. The average molecular weight is 274 g/mol. The van der Waals surface area contributed by atoms with Crippen LogP contribution < -0.4 is 5.32 Å². The standard InChI is InChI=1S/C17H26N2O/c1-2-5-15(6-3-1)13-16-14-19(11-9-18-16)10-8-17-7-4-12-20-17/h1-3,5-6,16-18H,4,7-14H2. The van der Waals surface area contributed by atoms with Gasteiger partial charge in [-0.1, -0.05) is 30.3 Å². The number of benzene rings is 1. The van der Waals surface area contributed by atoms with Crippen LogP contribution in [0.3, 0.4) is 0 Å². The van der Waals surface area contributed by atoms with Crippen LogP contribution in [0.5, 0.6) is 0 Å². The molecular formula is C17H26N2O. The molecule has 110 valence electrons. The van der Waals surface area contributed by atoms with E-state index in [0.29, 0.717) is 12.1 Å². The maximum atomic E-state index is 5.72. The third kappa shape index (κ3) is 4.05. The highest BCUT2D eigenvalue weighted by Crippen LogP contribution is 2.16. The molecule has 0 aliphatic carbocycles. The van der Waals surface area contributed by atoms with E-state index >= 15 is 0 Å². The molecule has 2 atom stereocenters. The van der Waals surface area contributed by atoms with Crippen molar-refractivity contribution in [1.82, 2.24) is 10.2 Å². The van der Waals surface area contributed by atoms with Gasteiger partial charge >= 0.3 is 0 Å². The number of ether oxygens (including phenoxy) is 1. The summed E-state index contributed by atoms with van der Waals surface area (Å²) in [6.07, 6.45) is 5.38. The van der Waals surface area contributed by atoms with E-state index < -0.39 is 0 Å². The lowest BCUT2D eigenvalue weighted by Gasteiger charge is -2.34. The first-order valence-electron chi connectivity index (χ1n) is 8.01. The first kappa shape index (κ1) is 14.1. The van der Waals surface area contributed by atoms with Crippen molar-refractivity contribution in [3.63, 3.8) is 0 Å². The second kappa shape index (κ2) is 7.21. The molecule has 1 aromatic rings. The van der Waals surface area contributed by atoms with Gasteiger partial charge in [0.05, 0.1) is 6.10 Å². The van der Waals surface area contributed by atoms with Gasteiger partial charge in [-0.2, -0.15) is 0 Å². The van der Waals surface area contributed by atoms with Crippen molar-refractivity contribution >= 4 is 0 Å². The zero-order valence-corrected chi connectivity index (χ0v) is 12.3. The normalized spacial score (nSPS) is 27.8. The molecule has 2 fully saturated rings. The monoisotopic (exact) mass is 274 g/mol. The summed E-state index contributed by atoms with van der Waals surface area (Å²) in [5, 5.41) is 3.65. The second-order valence-electron chi connectivity index (χ2n) is 6.07. The number of rotatable bonds is 5. The van der Waals surface area contributed by atoms with Gasteiger partial charge in [0.25, 0.3) is 0 Å². The van der Waals surface area contributed by atoms with Crippen molar-refractivity contribution in [1.29, 1.82) is 0 Å². The predicted octanol–water partition coefficient (Wildman–Crippen LogP) is 2.07. The number of hydrogen-bond acceptors (Lipinski definition) is 3. The molecule has 2 aliphatic rings. The Morgan fingerprint density at radius 2 is 2.15 bits per heavy atom. The van der Waals surface area contributed by atoms with Crippen LogP contribution in [-0.2, 0) is 11.2 Å². The predicted molar refractivity (Wildman–Crippen MR) is 82.0 cm³/mol. The maximum absolute atomic E-state index is 5.72. The van der Waals surface area contributed by atoms with Gasteiger partial charge in [-0.05, 0) is 31.2 Å². The molecule has 2 heterocycles. The molecule has 0 bridgehead atoms. The van der Waals surface area contributed by atoms with Gasteiger partial charge in [0.1, 0.15) is 0 Å². The Morgan fingerprint density at radius 1 is 1.25 bits per heavy atom. The lowest BCUT2D eigenvalue weighted by atomic mass is 10.0. The zero-order chi connectivity index (χ0) is 13.6. The molecule has 3 rings (SSSR count). The van der Waals surface area contributed by atoms with Crippen LogP contribution in [0.2, 0.25) is 0 Å². The van der Waals surface area contributed by atoms with Crippen LogP contribution in [-0.4, -0.2) is 49.8 Å². The third-order valence-electron chi connectivity index (χ3n) is 4.46. The molecule has 3 heteroatoms. The highest BCUT2D eigenvalue weighted by Gasteiger charge is 2.21. The Kier molecular flexibility index (Phi) is 5.06. The van der Waals surface area contributed by atoms with Crippen molar-refractivity contribution in [3.8, 4) is 0 Å². The fourth-order valence-corrected chi connectivity index (χ4v) is 3.33. The molecule has 2 aliphatic heterocycles. The lowest BCUT2D eigenvalue weighted by Crippen LogP contribution is -2.51. The largest absolute Gasteiger partial charge is 0.378 e. The summed E-state index contributed by atoms with van der Waals surface area (Å²) in [4.78, 5) is 2.60. The van der Waals surface area contributed by atoms with Crippen molar-refractivity contribution < 1.29 is 4.74 Å². The summed E-state index contributed by atoms with van der Waals surface area (Å²) in [7, 11) is 0. The van der Waals surface area contributed by atoms with Crippen LogP contribution in [0, 0.1) is 0 Å². The van der Waals surface area contributed by atoms with E-state index in [1.54, 1.807) is 0 Å². The summed E-state index contributed by atoms with van der Waals surface area (Å²) >= 11 is 0. The Balaban J connectivity index is 1.44. The SMILES string of the molecule is c1ccc(CC2CN(CCC3CCCO3)CCN2)cc1. The summed E-state index contributed by atoms with van der Waals surface area (Å²) in [5.74, 6) is 0. The highest BCUT2D eigenvalue weighted by atomic mass is 16.5. The minimum absolute atomic E-state index is 0.525. The molecule has 1 N–H and O–H groups in total. The molecule has 2 saturated heterocycles. The molecule has 0 radical (unpaired) electrons. The van der Waals surface area contributed by atoms with E-state index in [1.165, 1.54) is 44.5 Å². The van der Waals surface area contributed by atoms with Gasteiger partial charge in [0.2, 0.25) is 0 Å². The first-order chi connectivity index (χ1) is 9.90. The summed E-state index contributed by atoms with van der Waals surface area (Å²) in [5.41, 5.74) is 1.44. The van der Waals surface area contributed by atoms with Crippen LogP contribution in [0.15, 0.2) is 30.3 Å². The van der Waals surface area contributed by atoms with Gasteiger partial charge in [0.15, 0.2) is 0 Å². The average Bonchev–Trinajstić information content (AvgIpc) is 3.00. The Morgan fingerprint density at radius 3 is 2.95 bits per heavy atom. The van der Waals surface area contributed by atoms with Crippen molar-refractivity contribution in [2.24, 2.45) is 0 Å². The smallest absolute Gasteiger partial charge is 0.0588 e. The fraction of sp³-hybridized carbons (Fsp3) is 0.647. The van der Waals surface area contributed by atoms with Crippen LogP contribution >= 0.6 is 0 Å². The molecular weight excluding hydrogens is 248 g/mol. The molecule has 20 heavy (non-hydrogen) atoms. The Labute approximate surface area is 122 Å². The van der Waals surface area contributed by atoms with E-state index in [0.717, 1.165) is 19.6 Å². The van der Waals surface area contributed by atoms with Gasteiger partial charge in [-0.15, -0.1) is 0 Å². The van der Waals surface area contributed by atoms with Crippen molar-refractivity contribution in [3.05, 3.63) is 35.9 Å². The second-order valence-corrected chi connectivity index (χ2v) is 6.07. The van der Waals surface area contributed by atoms with E-state index in [-0.39, 0.29) is 0 Å². The zero-order valence-electron chi connectivity index (χ0n) is 12.3. The summed E-state index contributed by atoms with van der Waals surface area (Å²) in [6, 6.07) is 11.4. The van der Waals surface area contributed by atoms with Crippen LogP contribution in [0.25, 0.3) is 0 Å². The minimum atomic E-state index is 0.525. The fourth-order valence-electron chi connectivity index (χ4n) is 3.33. The quantitative estimate of drug-likeness (QED) is 0.889. The number of hydrogen-bond donors (Lipinski definition) is 1. The Bertz CT molecular complexity index is 389. The highest BCUT2D eigenvalue weighted by molar-refractivity contribution is 5.16. The van der Waals surface area contributed by atoms with E-state index in [9.17, 15) is 0 Å². The number of nitrogens with zero attached hydrogens (tertiary/aromatic N) is 1. The van der Waals surface area contributed by atoms with Crippen molar-refractivity contribution in [2.45, 2.75) is 37.8 Å². The lowest BCUT2D eigenvalue weighted by molar-refractivity contribution is 0.0866. The third-order valence-corrected chi connectivity index (χ3v) is 4.46. The van der Waals surface area contributed by atoms with Crippen LogP contribution in [0.4, 0.5) is 0 Å². The van der Waals surface area contributed by atoms with E-state index in [1.807, 2.05) is 0 Å². The minimum Gasteiger partial charge on any atom is -0.378 e. The number of nitrogens with one attached hydrogen (secondary N) is 1. The van der Waals surface area contributed by atoms with Crippen LogP contribution in [0.1, 0.15) is 24.8 Å². The molecule has 0 spiro atoms. The van der Waals surface area contributed by atoms with E-state index in [2.05, 4.69) is 40.5 Å². The Hall–Kier alpha value is -0.900. The topological polar surface area (TPSA) is 24.5 Å². The first-order valence-corrected chi connectivity index (χ1v) is 8.01. The van der Waals surface area contributed by atoms with Gasteiger partial charge < -0.3 is 15.0 Å². The molecule has 3 nitrogen and oxygen atoms in total. The van der Waals surface area contributed by atoms with Gasteiger partial charge in [0, 0.05) is 38.8 Å². The molecule has 0 saturated carbocycles. The van der Waals surface area contributed by atoms with Crippen molar-refractivity contribution in [2.75, 3.05) is 32.8 Å². The molecule has 0 amide bonds. The van der Waals surface area contributed by atoms with E-state index in [4.69, 9.17) is 4.74 Å². The summed E-state index contributed by atoms with van der Waals surface area (Å²) in [6.45, 7) is 5.63. The molecule has 1 aromatic carbocycles. The van der Waals surface area contributed by atoms with Gasteiger partial charge in [-0.25, -0.2) is 0 Å².